The molecular weight excluding hydrogens is 699 g/mol. The molecule has 0 spiro atoms. The van der Waals surface area contributed by atoms with Gasteiger partial charge in [0, 0.05) is 67.7 Å². The molecule has 6 aliphatic rings. The molecule has 0 bridgehead atoms. The van der Waals surface area contributed by atoms with E-state index in [1.165, 1.54) is 40.8 Å². The second-order valence-corrected chi connectivity index (χ2v) is 16.9. The van der Waals surface area contributed by atoms with Crippen LogP contribution in [0.5, 0.6) is 11.5 Å². The first-order valence-corrected chi connectivity index (χ1v) is 20.7. The zero-order valence-electron chi connectivity index (χ0n) is 32.0. The van der Waals surface area contributed by atoms with E-state index < -0.39 is 6.04 Å². The average Bonchev–Trinajstić information content (AvgIpc) is 3.56. The van der Waals surface area contributed by atoms with Gasteiger partial charge >= 0.3 is 0 Å². The Hall–Kier alpha value is -5.28. The van der Waals surface area contributed by atoms with Gasteiger partial charge in [0.2, 0.25) is 5.91 Å². The van der Waals surface area contributed by atoms with Crippen molar-refractivity contribution in [1.29, 1.82) is 0 Å². The number of rotatable bonds is 6. The van der Waals surface area contributed by atoms with Gasteiger partial charge in [-0.1, -0.05) is 55.1 Å². The average molecular weight is 750 g/mol. The highest BCUT2D eigenvalue weighted by atomic mass is 16.5. The van der Waals surface area contributed by atoms with E-state index in [2.05, 4.69) is 93.3 Å². The van der Waals surface area contributed by atoms with Crippen molar-refractivity contribution >= 4 is 23.2 Å². The Morgan fingerprint density at radius 2 is 1.64 bits per heavy atom. The minimum atomic E-state index is -0.473. The third kappa shape index (κ3) is 6.30. The van der Waals surface area contributed by atoms with E-state index in [1.54, 1.807) is 4.90 Å². The molecule has 10 rings (SSSR count). The molecule has 0 aromatic heterocycles. The number of amides is 2. The Morgan fingerprint density at radius 1 is 0.821 bits per heavy atom. The maximum Gasteiger partial charge on any atom is 0.255 e. The Balaban J connectivity index is 0.758. The van der Waals surface area contributed by atoms with Crippen molar-refractivity contribution in [3.8, 4) is 11.5 Å². The number of nitrogens with one attached hydrogen (secondary N) is 1. The van der Waals surface area contributed by atoms with Crippen LogP contribution >= 0.6 is 0 Å². The number of aromatic hydroxyl groups is 1. The maximum absolute atomic E-state index is 13.4. The van der Waals surface area contributed by atoms with Gasteiger partial charge < -0.3 is 29.9 Å². The Kier molecular flexibility index (Phi) is 9.00. The predicted octanol–water partition coefficient (Wildman–Crippen LogP) is 6.80. The lowest BCUT2D eigenvalue weighted by Gasteiger charge is -2.47. The lowest BCUT2D eigenvalue weighted by atomic mass is 9.69. The summed E-state index contributed by atoms with van der Waals surface area (Å²) in [5.74, 6) is 2.29. The molecule has 56 heavy (non-hydrogen) atoms. The van der Waals surface area contributed by atoms with Crippen LogP contribution in [0.15, 0.2) is 97.2 Å². The largest absolute Gasteiger partial charge is 0.508 e. The number of allylic oxidation sites excluding steroid dienone is 1. The van der Waals surface area contributed by atoms with E-state index in [1.807, 2.05) is 18.2 Å². The van der Waals surface area contributed by atoms with E-state index in [0.717, 1.165) is 74.8 Å². The molecule has 4 atom stereocenters. The van der Waals surface area contributed by atoms with Crippen LogP contribution in [0.1, 0.15) is 82.1 Å². The lowest BCUT2D eigenvalue weighted by Crippen LogP contribution is -2.58. The molecule has 5 aliphatic heterocycles. The molecule has 4 aromatic carbocycles. The number of hydrogen-bond donors (Lipinski definition) is 2. The number of carbonyl (C=O) groups is 2. The number of benzene rings is 4. The van der Waals surface area contributed by atoms with Crippen LogP contribution in [0.25, 0.3) is 0 Å². The van der Waals surface area contributed by atoms with E-state index in [4.69, 9.17) is 4.74 Å². The van der Waals surface area contributed by atoms with Crippen LogP contribution in [0, 0.1) is 5.92 Å². The van der Waals surface area contributed by atoms with Crippen LogP contribution < -0.4 is 19.9 Å². The quantitative estimate of drug-likeness (QED) is 0.224. The van der Waals surface area contributed by atoms with Crippen molar-refractivity contribution in [2.24, 2.45) is 5.92 Å². The van der Waals surface area contributed by atoms with Gasteiger partial charge in [-0.05, 0) is 109 Å². The van der Waals surface area contributed by atoms with E-state index in [0.29, 0.717) is 49.1 Å². The van der Waals surface area contributed by atoms with Crippen molar-refractivity contribution in [3.05, 3.63) is 131 Å². The number of aryl methyl sites for hydroxylation is 1. The maximum atomic E-state index is 13.4. The minimum Gasteiger partial charge on any atom is -0.508 e. The SMILES string of the molecule is C=C1CCC(N2Cc3c(ccc4c3OC[C@H]3CN(CC5CCN(c6ccc([C@@H]7c8ccc(O)cc8CC[C@@H]7c7ccccc7)cc6)CC5)CCN43)C2=O)C(=O)N1. The molecule has 288 valence electrons. The fourth-order valence-corrected chi connectivity index (χ4v) is 10.7. The normalized spacial score (nSPS) is 25.2. The molecular formula is C47H51N5O4. The molecule has 3 saturated heterocycles. The molecule has 4 aromatic rings. The van der Waals surface area contributed by atoms with Gasteiger partial charge in [-0.3, -0.25) is 14.5 Å². The first-order valence-electron chi connectivity index (χ1n) is 20.7. The number of nitrogens with zero attached hydrogens (tertiary/aromatic N) is 4. The number of carbonyl (C=O) groups excluding carboxylic acids is 2. The summed E-state index contributed by atoms with van der Waals surface area (Å²) in [5, 5.41) is 13.1. The summed E-state index contributed by atoms with van der Waals surface area (Å²) in [5.41, 5.74) is 10.0. The first-order chi connectivity index (χ1) is 27.4. The number of hydrogen-bond acceptors (Lipinski definition) is 7. The third-order valence-electron chi connectivity index (χ3n) is 13.6. The van der Waals surface area contributed by atoms with Crippen molar-refractivity contribution in [1.82, 2.24) is 15.1 Å². The molecule has 3 fully saturated rings. The summed E-state index contributed by atoms with van der Waals surface area (Å²) in [6, 6.07) is 30.1. The standard InChI is InChI=1S/C47H51N5O4/c1-30-7-17-43(46(54)48-30)52-28-41-40(47(52)55)16-18-42-45(41)56-29-36-27-49(23-24-51(36)42)26-31-19-21-50(22-20-31)35-11-8-33(9-12-35)44-38(32-5-3-2-4-6-32)14-10-34-25-37(53)13-15-39(34)44/h2-6,8-9,11-13,15-16,18,25,31,36,38,43-44,53H,1,7,10,14,17,19-24,26-29H2,(H,48,54)/t36-,38-,43?,44+/m1/s1. The van der Waals surface area contributed by atoms with E-state index in [-0.39, 0.29) is 23.8 Å². The van der Waals surface area contributed by atoms with Crippen LogP contribution in [0.3, 0.4) is 0 Å². The highest BCUT2D eigenvalue weighted by molar-refractivity contribution is 6.03. The number of fused-ring (bicyclic) bond motifs is 6. The minimum absolute atomic E-state index is 0.0841. The summed E-state index contributed by atoms with van der Waals surface area (Å²) in [7, 11) is 0. The monoisotopic (exact) mass is 749 g/mol. The zero-order chi connectivity index (χ0) is 37.9. The smallest absolute Gasteiger partial charge is 0.255 e. The number of phenols is 1. The molecule has 2 N–H and O–H groups in total. The molecule has 9 nitrogen and oxygen atoms in total. The highest BCUT2D eigenvalue weighted by Gasteiger charge is 2.43. The lowest BCUT2D eigenvalue weighted by molar-refractivity contribution is -0.126. The van der Waals surface area contributed by atoms with Gasteiger partial charge in [-0.2, -0.15) is 0 Å². The first kappa shape index (κ1) is 35.2. The summed E-state index contributed by atoms with van der Waals surface area (Å²) in [6.07, 6.45) is 5.71. The van der Waals surface area contributed by atoms with Crippen molar-refractivity contribution in [2.75, 3.05) is 55.7 Å². The fraction of sp³-hybridized carbons (Fsp3) is 0.404. The second kappa shape index (κ2) is 14.3. The van der Waals surface area contributed by atoms with Crippen molar-refractivity contribution < 1.29 is 19.4 Å². The van der Waals surface area contributed by atoms with Gasteiger partial charge in [0.25, 0.3) is 5.91 Å². The van der Waals surface area contributed by atoms with Gasteiger partial charge in [0.05, 0.1) is 18.3 Å². The molecule has 0 radical (unpaired) electrons. The fourth-order valence-electron chi connectivity index (χ4n) is 10.7. The predicted molar refractivity (Wildman–Crippen MR) is 219 cm³/mol. The highest BCUT2D eigenvalue weighted by Crippen LogP contribution is 2.48. The van der Waals surface area contributed by atoms with E-state index in [9.17, 15) is 14.7 Å². The molecule has 9 heteroatoms. The van der Waals surface area contributed by atoms with Crippen LogP contribution in [-0.2, 0) is 17.8 Å². The number of piperazine rings is 1. The number of piperidine rings is 2. The molecule has 2 amide bonds. The van der Waals surface area contributed by atoms with Crippen LogP contribution in [-0.4, -0.2) is 84.7 Å². The van der Waals surface area contributed by atoms with Gasteiger partial charge in [-0.25, -0.2) is 0 Å². The summed E-state index contributed by atoms with van der Waals surface area (Å²) in [6.45, 7) is 11.1. The number of anilines is 2. The van der Waals surface area contributed by atoms with Crippen molar-refractivity contribution in [3.63, 3.8) is 0 Å². The second-order valence-electron chi connectivity index (χ2n) is 16.9. The zero-order valence-corrected chi connectivity index (χ0v) is 32.0. The summed E-state index contributed by atoms with van der Waals surface area (Å²) in [4.78, 5) is 35.6. The van der Waals surface area contributed by atoms with E-state index >= 15 is 0 Å². The Bertz CT molecular complexity index is 2160. The summed E-state index contributed by atoms with van der Waals surface area (Å²) >= 11 is 0. The topological polar surface area (TPSA) is 88.6 Å². The Morgan fingerprint density at radius 3 is 2.45 bits per heavy atom. The van der Waals surface area contributed by atoms with Gasteiger partial charge in [0.15, 0.2) is 0 Å². The molecule has 1 aliphatic carbocycles. The molecule has 0 saturated carbocycles. The third-order valence-corrected chi connectivity index (χ3v) is 13.6. The van der Waals surface area contributed by atoms with Crippen LogP contribution in [0.2, 0.25) is 0 Å². The molecule has 1 unspecified atom stereocenters. The van der Waals surface area contributed by atoms with Crippen LogP contribution in [0.4, 0.5) is 11.4 Å². The number of phenolic OH excluding ortho intramolecular Hbond substituents is 1. The van der Waals surface area contributed by atoms with Gasteiger partial charge in [-0.15, -0.1) is 0 Å². The van der Waals surface area contributed by atoms with Crippen molar-refractivity contribution in [2.45, 2.75) is 69.0 Å². The summed E-state index contributed by atoms with van der Waals surface area (Å²) < 4.78 is 6.48. The number of ether oxygens (including phenoxy) is 1. The molecule has 5 heterocycles. The van der Waals surface area contributed by atoms with Gasteiger partial charge in [0.1, 0.15) is 24.1 Å². The Labute approximate surface area is 329 Å².